The number of aromatic amines is 1. The standard InChI is InChI=1S/C26H24FN3O2/c1-2-32-23-10-6-5-9-22(23)29-26(31)30-16-15-20-19-7-3-4-8-21(19)28-24(20)25(30)17-11-13-18(27)14-12-17/h3-14,25,28H,2,15-16H2,1H3,(H,29,31)/t25-/m0/s1. The van der Waals surface area contributed by atoms with Gasteiger partial charge in [0.25, 0.3) is 0 Å². The fraction of sp³-hybridized carbons (Fsp3) is 0.192. The number of hydrogen-bond donors (Lipinski definition) is 2. The minimum atomic E-state index is -0.356. The summed E-state index contributed by atoms with van der Waals surface area (Å²) in [5, 5.41) is 4.18. The Morgan fingerprint density at radius 3 is 2.66 bits per heavy atom. The number of ether oxygens (including phenoxy) is 1. The second-order valence-electron chi connectivity index (χ2n) is 7.82. The van der Waals surface area contributed by atoms with Crippen LogP contribution in [0.25, 0.3) is 10.9 Å². The fourth-order valence-electron chi connectivity index (χ4n) is 4.49. The van der Waals surface area contributed by atoms with Crippen LogP contribution in [0.4, 0.5) is 14.9 Å². The molecule has 0 radical (unpaired) electrons. The summed E-state index contributed by atoms with van der Waals surface area (Å²) in [6.07, 6.45) is 0.734. The number of nitrogens with one attached hydrogen (secondary N) is 2. The number of carbonyl (C=O) groups excluding carboxylic acids is 1. The van der Waals surface area contributed by atoms with Gasteiger partial charge in [0.1, 0.15) is 11.6 Å². The molecule has 1 aliphatic heterocycles. The summed E-state index contributed by atoms with van der Waals surface area (Å²) in [5.74, 6) is 0.327. The number of nitrogens with zero attached hydrogens (tertiary/aromatic N) is 1. The summed E-state index contributed by atoms with van der Waals surface area (Å²) >= 11 is 0. The van der Waals surface area contributed by atoms with Crippen molar-refractivity contribution >= 4 is 22.6 Å². The van der Waals surface area contributed by atoms with E-state index in [4.69, 9.17) is 4.74 Å². The zero-order valence-electron chi connectivity index (χ0n) is 17.8. The maximum absolute atomic E-state index is 13.7. The Labute approximate surface area is 185 Å². The number of fused-ring (bicyclic) bond motifs is 3. The molecule has 4 aromatic rings. The summed E-state index contributed by atoms with van der Waals surface area (Å²) in [7, 11) is 0. The van der Waals surface area contributed by atoms with Crippen LogP contribution in [-0.4, -0.2) is 29.1 Å². The Morgan fingerprint density at radius 2 is 1.84 bits per heavy atom. The van der Waals surface area contributed by atoms with Crippen molar-refractivity contribution in [1.29, 1.82) is 0 Å². The van der Waals surface area contributed by atoms with Crippen LogP contribution in [0.15, 0.2) is 72.8 Å². The third-order valence-corrected chi connectivity index (χ3v) is 5.91. The van der Waals surface area contributed by atoms with Gasteiger partial charge < -0.3 is 19.9 Å². The predicted molar refractivity (Wildman–Crippen MR) is 124 cm³/mol. The van der Waals surface area contributed by atoms with Gasteiger partial charge in [0.2, 0.25) is 0 Å². The lowest BCUT2D eigenvalue weighted by Gasteiger charge is -2.36. The van der Waals surface area contributed by atoms with Gasteiger partial charge in [0, 0.05) is 23.1 Å². The van der Waals surface area contributed by atoms with Gasteiger partial charge in [-0.15, -0.1) is 0 Å². The molecule has 3 aromatic carbocycles. The highest BCUT2D eigenvalue weighted by Crippen LogP contribution is 2.39. The summed E-state index contributed by atoms with van der Waals surface area (Å²) in [5.41, 5.74) is 4.69. The third-order valence-electron chi connectivity index (χ3n) is 5.91. The first-order chi connectivity index (χ1) is 15.7. The molecule has 5 nitrogen and oxygen atoms in total. The number of para-hydroxylation sites is 3. The zero-order chi connectivity index (χ0) is 22.1. The van der Waals surface area contributed by atoms with Crippen LogP contribution >= 0.6 is 0 Å². The van der Waals surface area contributed by atoms with Gasteiger partial charge in [-0.2, -0.15) is 0 Å². The molecule has 1 atom stereocenters. The number of rotatable bonds is 4. The predicted octanol–water partition coefficient (Wildman–Crippen LogP) is 5.89. The van der Waals surface area contributed by atoms with Crippen LogP contribution < -0.4 is 10.1 Å². The van der Waals surface area contributed by atoms with E-state index in [1.807, 2.05) is 49.4 Å². The van der Waals surface area contributed by atoms with Crippen molar-refractivity contribution < 1.29 is 13.9 Å². The van der Waals surface area contributed by atoms with Gasteiger partial charge in [-0.05, 0) is 54.8 Å². The molecule has 0 spiro atoms. The maximum atomic E-state index is 13.7. The van der Waals surface area contributed by atoms with E-state index in [-0.39, 0.29) is 17.9 Å². The highest BCUT2D eigenvalue weighted by atomic mass is 19.1. The number of amides is 2. The van der Waals surface area contributed by atoms with Crippen LogP contribution in [0.3, 0.4) is 0 Å². The monoisotopic (exact) mass is 429 g/mol. The fourth-order valence-corrected chi connectivity index (χ4v) is 4.49. The molecule has 0 aliphatic carbocycles. The first-order valence-electron chi connectivity index (χ1n) is 10.8. The van der Waals surface area contributed by atoms with Crippen molar-refractivity contribution in [1.82, 2.24) is 9.88 Å². The van der Waals surface area contributed by atoms with E-state index in [2.05, 4.69) is 16.4 Å². The number of carbonyl (C=O) groups is 1. The van der Waals surface area contributed by atoms with Gasteiger partial charge in [0.05, 0.1) is 18.3 Å². The largest absolute Gasteiger partial charge is 0.492 e. The lowest BCUT2D eigenvalue weighted by atomic mass is 9.92. The zero-order valence-corrected chi connectivity index (χ0v) is 17.8. The van der Waals surface area contributed by atoms with Crippen LogP contribution in [-0.2, 0) is 6.42 Å². The van der Waals surface area contributed by atoms with Crippen molar-refractivity contribution in [3.63, 3.8) is 0 Å². The lowest BCUT2D eigenvalue weighted by Crippen LogP contribution is -2.43. The number of benzene rings is 3. The quantitative estimate of drug-likeness (QED) is 0.425. The smallest absolute Gasteiger partial charge is 0.322 e. The minimum absolute atomic E-state index is 0.226. The molecule has 5 rings (SSSR count). The minimum Gasteiger partial charge on any atom is -0.492 e. The number of urea groups is 1. The maximum Gasteiger partial charge on any atom is 0.322 e. The molecule has 2 heterocycles. The number of aromatic nitrogens is 1. The molecule has 2 amide bonds. The normalized spacial score (nSPS) is 15.4. The van der Waals surface area contributed by atoms with Crippen LogP contribution in [0.2, 0.25) is 0 Å². The van der Waals surface area contributed by atoms with Gasteiger partial charge >= 0.3 is 6.03 Å². The van der Waals surface area contributed by atoms with Crippen LogP contribution in [0.1, 0.15) is 29.8 Å². The molecule has 0 bridgehead atoms. The van der Waals surface area contributed by atoms with E-state index in [9.17, 15) is 9.18 Å². The van der Waals surface area contributed by atoms with E-state index in [0.717, 1.165) is 28.6 Å². The molecule has 0 saturated heterocycles. The lowest BCUT2D eigenvalue weighted by molar-refractivity contribution is 0.193. The summed E-state index contributed by atoms with van der Waals surface area (Å²) < 4.78 is 19.3. The highest BCUT2D eigenvalue weighted by molar-refractivity contribution is 5.92. The SMILES string of the molecule is CCOc1ccccc1NC(=O)N1CCc2c([nH]c3ccccc23)[C@@H]1c1ccc(F)cc1. The van der Waals surface area contributed by atoms with Crippen molar-refractivity contribution in [3.8, 4) is 5.75 Å². The van der Waals surface area contributed by atoms with E-state index < -0.39 is 0 Å². The van der Waals surface area contributed by atoms with Crippen LogP contribution in [0.5, 0.6) is 5.75 Å². The van der Waals surface area contributed by atoms with Gasteiger partial charge in [-0.1, -0.05) is 42.5 Å². The Kier molecular flexibility index (Phi) is 5.27. The molecular formula is C26H24FN3O2. The number of anilines is 1. The topological polar surface area (TPSA) is 57.4 Å². The average Bonchev–Trinajstić information content (AvgIpc) is 3.19. The first-order valence-corrected chi connectivity index (χ1v) is 10.8. The molecule has 0 fully saturated rings. The summed E-state index contributed by atoms with van der Waals surface area (Å²) in [6.45, 7) is 2.96. The number of hydrogen-bond acceptors (Lipinski definition) is 2. The van der Waals surface area contributed by atoms with Crippen LogP contribution in [0, 0.1) is 5.82 Å². The molecule has 0 saturated carbocycles. The molecular weight excluding hydrogens is 405 g/mol. The molecule has 2 N–H and O–H groups in total. The molecule has 162 valence electrons. The average molecular weight is 429 g/mol. The van der Waals surface area contributed by atoms with Crippen molar-refractivity contribution in [2.75, 3.05) is 18.5 Å². The van der Waals surface area contributed by atoms with Gasteiger partial charge in [-0.3, -0.25) is 0 Å². The van der Waals surface area contributed by atoms with E-state index in [1.165, 1.54) is 17.7 Å². The number of halogens is 1. The van der Waals surface area contributed by atoms with Crippen molar-refractivity contribution in [3.05, 3.63) is 95.4 Å². The first kappa shape index (κ1) is 20.1. The Bertz CT molecular complexity index is 1270. The third kappa shape index (κ3) is 3.58. The summed E-state index contributed by atoms with van der Waals surface area (Å²) in [4.78, 5) is 18.8. The van der Waals surface area contributed by atoms with E-state index >= 15 is 0 Å². The van der Waals surface area contributed by atoms with E-state index in [0.29, 0.717) is 24.6 Å². The molecule has 0 unspecified atom stereocenters. The van der Waals surface area contributed by atoms with Gasteiger partial charge in [-0.25, -0.2) is 9.18 Å². The molecule has 32 heavy (non-hydrogen) atoms. The van der Waals surface area contributed by atoms with Crippen molar-refractivity contribution in [2.45, 2.75) is 19.4 Å². The Hall–Kier alpha value is -3.80. The second kappa shape index (κ2) is 8.38. The Balaban J connectivity index is 1.55. The summed E-state index contributed by atoms with van der Waals surface area (Å²) in [6, 6.07) is 21.3. The number of H-pyrrole nitrogens is 1. The molecule has 1 aliphatic rings. The van der Waals surface area contributed by atoms with Gasteiger partial charge in [0.15, 0.2) is 0 Å². The van der Waals surface area contributed by atoms with E-state index in [1.54, 1.807) is 17.0 Å². The highest BCUT2D eigenvalue weighted by Gasteiger charge is 2.34. The molecule has 6 heteroatoms. The molecule has 1 aromatic heterocycles. The second-order valence-corrected chi connectivity index (χ2v) is 7.82. The van der Waals surface area contributed by atoms with Crippen molar-refractivity contribution in [2.24, 2.45) is 0 Å². The Morgan fingerprint density at radius 1 is 1.09 bits per heavy atom.